The lowest BCUT2D eigenvalue weighted by molar-refractivity contribution is 0.0739. The number of rotatable bonds is 6. The molecule has 2 aromatic rings. The van der Waals surface area contributed by atoms with Gasteiger partial charge in [-0.05, 0) is 36.1 Å². The minimum Gasteiger partial charge on any atom is -0.341 e. The first-order valence-electron chi connectivity index (χ1n) is 8.45. The molecule has 0 saturated carbocycles. The summed E-state index contributed by atoms with van der Waals surface area (Å²) in [6.07, 6.45) is 1.64. The number of hydrogen-bond acceptors (Lipinski definition) is 3. The molecule has 5 nitrogen and oxygen atoms in total. The minimum absolute atomic E-state index is 0.0431. The summed E-state index contributed by atoms with van der Waals surface area (Å²) < 4.78 is 1.80. The fourth-order valence-corrected chi connectivity index (χ4v) is 3.06. The van der Waals surface area contributed by atoms with Gasteiger partial charge in [0.2, 0.25) is 0 Å². The Labute approximate surface area is 154 Å². The van der Waals surface area contributed by atoms with Crippen LogP contribution in [0.15, 0.2) is 30.5 Å². The summed E-state index contributed by atoms with van der Waals surface area (Å²) in [6, 6.07) is 7.47. The van der Waals surface area contributed by atoms with E-state index in [1.165, 1.54) is 0 Å². The molecule has 1 amide bonds. The number of aromatic nitrogens is 2. The monoisotopic (exact) mass is 362 g/mol. The molecule has 25 heavy (non-hydrogen) atoms. The third kappa shape index (κ3) is 4.41. The van der Waals surface area contributed by atoms with Gasteiger partial charge < -0.3 is 10.6 Å². The van der Waals surface area contributed by atoms with Crippen LogP contribution in [-0.4, -0.2) is 40.7 Å². The fourth-order valence-electron chi connectivity index (χ4n) is 2.88. The SMILES string of the molecule is CC(C)c1c(C(=O)N(C)CC(C)(C)CN)cnn1-c1cccc(Cl)c1. The van der Waals surface area contributed by atoms with E-state index in [0.717, 1.165) is 11.4 Å². The molecule has 0 bridgehead atoms. The standard InChI is InChI=1S/C19H27ClN4O/c1-13(2)17-16(18(25)23(5)12-19(3,4)11-21)10-22-24(17)15-8-6-7-14(20)9-15/h6-10,13H,11-12,21H2,1-5H3. The van der Waals surface area contributed by atoms with Crippen LogP contribution in [0.25, 0.3) is 5.69 Å². The number of carbonyl (C=O) groups excluding carboxylic acids is 1. The highest BCUT2D eigenvalue weighted by Crippen LogP contribution is 2.26. The number of nitrogens with two attached hydrogens (primary N) is 1. The fraction of sp³-hybridized carbons (Fsp3) is 0.474. The number of halogens is 1. The predicted molar refractivity (Wildman–Crippen MR) is 102 cm³/mol. The van der Waals surface area contributed by atoms with Gasteiger partial charge in [-0.2, -0.15) is 5.10 Å². The second kappa shape index (κ2) is 7.58. The van der Waals surface area contributed by atoms with Gasteiger partial charge in [0.15, 0.2) is 0 Å². The van der Waals surface area contributed by atoms with Crippen molar-refractivity contribution in [3.63, 3.8) is 0 Å². The topological polar surface area (TPSA) is 64.2 Å². The second-order valence-corrected chi connectivity index (χ2v) is 7.96. The summed E-state index contributed by atoms with van der Waals surface area (Å²) in [5.41, 5.74) is 8.01. The van der Waals surface area contributed by atoms with Gasteiger partial charge in [-0.1, -0.05) is 45.4 Å². The number of benzene rings is 1. The van der Waals surface area contributed by atoms with Crippen molar-refractivity contribution in [2.75, 3.05) is 20.1 Å². The summed E-state index contributed by atoms with van der Waals surface area (Å²) in [5, 5.41) is 5.09. The van der Waals surface area contributed by atoms with Crippen molar-refractivity contribution in [1.29, 1.82) is 0 Å². The Kier molecular flexibility index (Phi) is 5.91. The molecule has 1 aromatic carbocycles. The number of hydrogen-bond donors (Lipinski definition) is 1. The summed E-state index contributed by atoms with van der Waals surface area (Å²) in [7, 11) is 1.81. The maximum Gasteiger partial charge on any atom is 0.257 e. The average molecular weight is 363 g/mol. The van der Waals surface area contributed by atoms with Crippen molar-refractivity contribution in [2.45, 2.75) is 33.6 Å². The van der Waals surface area contributed by atoms with E-state index >= 15 is 0 Å². The lowest BCUT2D eigenvalue weighted by Crippen LogP contribution is -2.40. The number of amides is 1. The molecule has 0 aliphatic heterocycles. The van der Waals surface area contributed by atoms with Crippen LogP contribution in [0.1, 0.15) is 49.7 Å². The van der Waals surface area contributed by atoms with Crippen molar-refractivity contribution in [2.24, 2.45) is 11.1 Å². The van der Waals surface area contributed by atoms with Crippen LogP contribution in [0.4, 0.5) is 0 Å². The molecule has 0 fully saturated rings. The smallest absolute Gasteiger partial charge is 0.257 e. The molecule has 0 spiro atoms. The van der Waals surface area contributed by atoms with Crippen molar-refractivity contribution < 1.29 is 4.79 Å². The van der Waals surface area contributed by atoms with Crippen LogP contribution < -0.4 is 5.73 Å². The first-order chi connectivity index (χ1) is 11.7. The molecule has 1 aromatic heterocycles. The molecule has 0 atom stereocenters. The van der Waals surface area contributed by atoms with Gasteiger partial charge in [0.1, 0.15) is 0 Å². The van der Waals surface area contributed by atoms with Crippen molar-refractivity contribution in [3.8, 4) is 5.69 Å². The third-order valence-corrected chi connectivity index (χ3v) is 4.44. The molecule has 136 valence electrons. The Morgan fingerprint density at radius 2 is 2.08 bits per heavy atom. The Hall–Kier alpha value is -1.85. The highest BCUT2D eigenvalue weighted by molar-refractivity contribution is 6.30. The number of nitrogens with zero attached hydrogens (tertiary/aromatic N) is 3. The highest BCUT2D eigenvalue weighted by atomic mass is 35.5. The van der Waals surface area contributed by atoms with Crippen LogP contribution in [0, 0.1) is 5.41 Å². The van der Waals surface area contributed by atoms with Gasteiger partial charge in [0.25, 0.3) is 5.91 Å². The molecule has 0 aliphatic carbocycles. The molecule has 0 aliphatic rings. The Morgan fingerprint density at radius 3 is 2.64 bits per heavy atom. The lowest BCUT2D eigenvalue weighted by atomic mass is 9.93. The summed E-state index contributed by atoms with van der Waals surface area (Å²) in [4.78, 5) is 14.7. The first-order valence-corrected chi connectivity index (χ1v) is 8.83. The average Bonchev–Trinajstić information content (AvgIpc) is 2.98. The summed E-state index contributed by atoms with van der Waals surface area (Å²) >= 11 is 6.11. The van der Waals surface area contributed by atoms with Gasteiger partial charge in [0.05, 0.1) is 23.1 Å². The van der Waals surface area contributed by atoms with Gasteiger partial charge in [-0.25, -0.2) is 4.68 Å². The van der Waals surface area contributed by atoms with E-state index in [2.05, 4.69) is 32.8 Å². The van der Waals surface area contributed by atoms with E-state index in [1.807, 2.05) is 24.3 Å². The first kappa shape index (κ1) is 19.5. The molecule has 2 rings (SSSR count). The molecule has 1 heterocycles. The van der Waals surface area contributed by atoms with Crippen LogP contribution in [-0.2, 0) is 0 Å². The maximum atomic E-state index is 13.0. The van der Waals surface area contributed by atoms with Gasteiger partial charge in [-0.3, -0.25) is 4.79 Å². The summed E-state index contributed by atoms with van der Waals surface area (Å²) in [6.45, 7) is 9.31. The molecular formula is C19H27ClN4O. The highest BCUT2D eigenvalue weighted by Gasteiger charge is 2.26. The molecular weight excluding hydrogens is 336 g/mol. The zero-order valence-corrected chi connectivity index (χ0v) is 16.3. The van der Waals surface area contributed by atoms with Crippen LogP contribution in [0.3, 0.4) is 0 Å². The summed E-state index contributed by atoms with van der Waals surface area (Å²) in [5.74, 6) is 0.0925. The van der Waals surface area contributed by atoms with Gasteiger partial charge >= 0.3 is 0 Å². The minimum atomic E-state index is -0.134. The van der Waals surface area contributed by atoms with Gasteiger partial charge in [0, 0.05) is 18.6 Å². The van der Waals surface area contributed by atoms with Crippen molar-refractivity contribution in [1.82, 2.24) is 14.7 Å². The van der Waals surface area contributed by atoms with Crippen LogP contribution in [0.5, 0.6) is 0 Å². The quantitative estimate of drug-likeness (QED) is 0.852. The van der Waals surface area contributed by atoms with E-state index in [0.29, 0.717) is 23.7 Å². The van der Waals surface area contributed by atoms with Crippen LogP contribution >= 0.6 is 11.6 Å². The maximum absolute atomic E-state index is 13.0. The van der Waals surface area contributed by atoms with E-state index in [-0.39, 0.29) is 17.2 Å². The van der Waals surface area contributed by atoms with E-state index < -0.39 is 0 Å². The Morgan fingerprint density at radius 1 is 1.40 bits per heavy atom. The normalized spacial score (nSPS) is 11.8. The molecule has 2 N–H and O–H groups in total. The van der Waals surface area contributed by atoms with Crippen molar-refractivity contribution >= 4 is 17.5 Å². The van der Waals surface area contributed by atoms with Gasteiger partial charge in [-0.15, -0.1) is 0 Å². The van der Waals surface area contributed by atoms with E-state index in [4.69, 9.17) is 17.3 Å². The van der Waals surface area contributed by atoms with E-state index in [9.17, 15) is 4.79 Å². The second-order valence-electron chi connectivity index (χ2n) is 7.52. The Balaban J connectivity index is 2.41. The number of carbonyl (C=O) groups is 1. The molecule has 0 saturated heterocycles. The van der Waals surface area contributed by atoms with Crippen molar-refractivity contribution in [3.05, 3.63) is 46.7 Å². The molecule has 6 heteroatoms. The van der Waals surface area contributed by atoms with E-state index in [1.54, 1.807) is 22.8 Å². The zero-order chi connectivity index (χ0) is 18.8. The zero-order valence-electron chi connectivity index (χ0n) is 15.6. The van der Waals surface area contributed by atoms with Crippen LogP contribution in [0.2, 0.25) is 5.02 Å². The molecule has 0 radical (unpaired) electrons. The third-order valence-electron chi connectivity index (χ3n) is 4.20. The largest absolute Gasteiger partial charge is 0.341 e. The lowest BCUT2D eigenvalue weighted by Gasteiger charge is -2.29. The Bertz CT molecular complexity index is 752. The molecule has 0 unspecified atom stereocenters. The predicted octanol–water partition coefficient (Wildman–Crippen LogP) is 3.71.